The molecule has 2 N–H and O–H groups in total. The number of rotatable bonds is 6. The van der Waals surface area contributed by atoms with Crippen LogP contribution in [0.2, 0.25) is 0 Å². The molecule has 1 heterocycles. The molecule has 3 nitrogen and oxygen atoms in total. The molecule has 0 aliphatic rings. The van der Waals surface area contributed by atoms with E-state index in [9.17, 15) is 4.79 Å². The standard InChI is InChI=1S/C11H15NO2S/c1-3-9-4-5-10(15-9)7-12-6-8(2)11(13)14/h4-5,12H,2-3,6-7H2,1H3,(H,13,14). The van der Waals surface area contributed by atoms with Gasteiger partial charge in [0.25, 0.3) is 0 Å². The van der Waals surface area contributed by atoms with E-state index in [0.717, 1.165) is 6.42 Å². The van der Waals surface area contributed by atoms with Gasteiger partial charge in [-0.1, -0.05) is 13.5 Å². The van der Waals surface area contributed by atoms with Crippen LogP contribution in [0.25, 0.3) is 0 Å². The highest BCUT2D eigenvalue weighted by Gasteiger charge is 2.03. The van der Waals surface area contributed by atoms with Gasteiger partial charge in [0.1, 0.15) is 0 Å². The fourth-order valence-electron chi connectivity index (χ4n) is 1.12. The summed E-state index contributed by atoms with van der Waals surface area (Å²) in [6.45, 7) is 6.60. The Balaban J connectivity index is 2.31. The van der Waals surface area contributed by atoms with Crippen LogP contribution in [0.4, 0.5) is 0 Å². The summed E-state index contributed by atoms with van der Waals surface area (Å²) < 4.78 is 0. The van der Waals surface area contributed by atoms with E-state index in [2.05, 4.69) is 31.0 Å². The molecule has 0 aromatic carbocycles. The van der Waals surface area contributed by atoms with Crippen LogP contribution in [-0.2, 0) is 17.8 Å². The van der Waals surface area contributed by atoms with Gasteiger partial charge in [0.2, 0.25) is 0 Å². The zero-order chi connectivity index (χ0) is 11.3. The number of thiophene rings is 1. The summed E-state index contributed by atoms with van der Waals surface area (Å²) in [6.07, 6.45) is 1.05. The van der Waals surface area contributed by atoms with Gasteiger partial charge in [-0.2, -0.15) is 0 Å². The van der Waals surface area contributed by atoms with Crippen molar-refractivity contribution in [1.82, 2.24) is 5.32 Å². The second-order valence-electron chi connectivity index (χ2n) is 3.23. The first kappa shape index (κ1) is 11.9. The second-order valence-corrected chi connectivity index (χ2v) is 4.49. The molecule has 82 valence electrons. The van der Waals surface area contributed by atoms with Crippen molar-refractivity contribution < 1.29 is 9.90 Å². The smallest absolute Gasteiger partial charge is 0.332 e. The molecule has 0 spiro atoms. The van der Waals surface area contributed by atoms with Crippen molar-refractivity contribution in [3.8, 4) is 0 Å². The Kier molecular flexibility index (Phi) is 4.52. The summed E-state index contributed by atoms with van der Waals surface area (Å²) in [7, 11) is 0. The topological polar surface area (TPSA) is 49.3 Å². The van der Waals surface area contributed by atoms with Gasteiger partial charge in [-0.15, -0.1) is 11.3 Å². The van der Waals surface area contributed by atoms with Crippen molar-refractivity contribution in [2.24, 2.45) is 0 Å². The molecule has 0 aliphatic carbocycles. The Labute approximate surface area is 93.4 Å². The molecule has 0 fully saturated rings. The van der Waals surface area contributed by atoms with Crippen LogP contribution < -0.4 is 5.32 Å². The molecule has 0 bridgehead atoms. The van der Waals surface area contributed by atoms with E-state index < -0.39 is 5.97 Å². The summed E-state index contributed by atoms with van der Waals surface area (Å²) in [5.74, 6) is -0.942. The fourth-order valence-corrected chi connectivity index (χ4v) is 2.05. The van der Waals surface area contributed by atoms with Crippen LogP contribution in [0.5, 0.6) is 0 Å². The highest BCUT2D eigenvalue weighted by molar-refractivity contribution is 7.11. The quantitative estimate of drug-likeness (QED) is 0.728. The molecule has 0 unspecified atom stereocenters. The van der Waals surface area contributed by atoms with Crippen molar-refractivity contribution in [2.75, 3.05) is 6.54 Å². The molecule has 0 saturated heterocycles. The molecule has 0 amide bonds. The van der Waals surface area contributed by atoms with Crippen molar-refractivity contribution >= 4 is 17.3 Å². The normalized spacial score (nSPS) is 10.2. The highest BCUT2D eigenvalue weighted by Crippen LogP contribution is 2.16. The lowest BCUT2D eigenvalue weighted by molar-refractivity contribution is -0.132. The highest BCUT2D eigenvalue weighted by atomic mass is 32.1. The Bertz CT molecular complexity index is 357. The Morgan fingerprint density at radius 1 is 1.53 bits per heavy atom. The van der Waals surface area contributed by atoms with E-state index in [4.69, 9.17) is 5.11 Å². The third kappa shape index (κ3) is 3.85. The van der Waals surface area contributed by atoms with E-state index in [0.29, 0.717) is 13.1 Å². The number of hydrogen-bond acceptors (Lipinski definition) is 3. The van der Waals surface area contributed by atoms with E-state index in [1.54, 1.807) is 11.3 Å². The Morgan fingerprint density at radius 2 is 2.20 bits per heavy atom. The number of carboxylic acids is 1. The minimum Gasteiger partial charge on any atom is -0.478 e. The van der Waals surface area contributed by atoms with Gasteiger partial charge in [0.05, 0.1) is 0 Å². The fraction of sp³-hybridized carbons (Fsp3) is 0.364. The van der Waals surface area contributed by atoms with Crippen LogP contribution in [0.3, 0.4) is 0 Å². The SMILES string of the molecule is C=C(CNCc1ccc(CC)s1)C(=O)O. The van der Waals surface area contributed by atoms with Gasteiger partial charge < -0.3 is 10.4 Å². The summed E-state index contributed by atoms with van der Waals surface area (Å²) >= 11 is 1.75. The molecule has 0 radical (unpaired) electrons. The summed E-state index contributed by atoms with van der Waals surface area (Å²) in [6, 6.07) is 4.17. The molecular weight excluding hydrogens is 210 g/mol. The number of aliphatic carboxylic acids is 1. The van der Waals surface area contributed by atoms with E-state index in [-0.39, 0.29) is 5.57 Å². The number of hydrogen-bond donors (Lipinski definition) is 2. The van der Waals surface area contributed by atoms with Crippen LogP contribution in [-0.4, -0.2) is 17.6 Å². The zero-order valence-corrected chi connectivity index (χ0v) is 9.56. The number of carbonyl (C=O) groups is 1. The molecule has 15 heavy (non-hydrogen) atoms. The first-order valence-corrected chi connectivity index (χ1v) is 5.64. The molecule has 1 rings (SSSR count). The lowest BCUT2D eigenvalue weighted by Gasteiger charge is -2.01. The van der Waals surface area contributed by atoms with E-state index in [1.807, 2.05) is 0 Å². The predicted molar refractivity (Wildman–Crippen MR) is 62.2 cm³/mol. The Morgan fingerprint density at radius 3 is 2.73 bits per heavy atom. The lowest BCUT2D eigenvalue weighted by atomic mass is 10.3. The molecule has 1 aromatic rings. The van der Waals surface area contributed by atoms with Crippen LogP contribution in [0, 0.1) is 0 Å². The first-order chi connectivity index (χ1) is 7.13. The van der Waals surface area contributed by atoms with Crippen molar-refractivity contribution in [1.29, 1.82) is 0 Å². The average Bonchev–Trinajstić information content (AvgIpc) is 2.65. The van der Waals surface area contributed by atoms with Crippen molar-refractivity contribution in [2.45, 2.75) is 19.9 Å². The number of nitrogens with one attached hydrogen (secondary N) is 1. The summed E-state index contributed by atoms with van der Waals surface area (Å²) in [5.41, 5.74) is 0.197. The zero-order valence-electron chi connectivity index (χ0n) is 8.75. The van der Waals surface area contributed by atoms with Crippen molar-refractivity contribution in [3.05, 3.63) is 34.0 Å². The maximum Gasteiger partial charge on any atom is 0.332 e. The summed E-state index contributed by atoms with van der Waals surface area (Å²) in [5, 5.41) is 11.6. The van der Waals surface area contributed by atoms with Crippen LogP contribution in [0.1, 0.15) is 16.7 Å². The summed E-state index contributed by atoms with van der Waals surface area (Å²) in [4.78, 5) is 13.0. The monoisotopic (exact) mass is 225 g/mol. The molecular formula is C11H15NO2S. The van der Waals surface area contributed by atoms with Gasteiger partial charge in [0, 0.05) is 28.4 Å². The number of aryl methyl sites for hydroxylation is 1. The molecule has 0 saturated carbocycles. The van der Waals surface area contributed by atoms with Gasteiger partial charge in [0.15, 0.2) is 0 Å². The van der Waals surface area contributed by atoms with Gasteiger partial charge >= 0.3 is 5.97 Å². The number of carboxylic acid groups (broad SMARTS) is 1. The third-order valence-corrected chi connectivity index (χ3v) is 3.24. The molecule has 0 aliphatic heterocycles. The molecule has 1 aromatic heterocycles. The minimum atomic E-state index is -0.942. The second kappa shape index (κ2) is 5.68. The average molecular weight is 225 g/mol. The maximum atomic E-state index is 10.5. The predicted octanol–water partition coefficient (Wildman–Crippen LogP) is 2.04. The molecule has 4 heteroatoms. The van der Waals surface area contributed by atoms with Gasteiger partial charge in [-0.3, -0.25) is 0 Å². The van der Waals surface area contributed by atoms with E-state index >= 15 is 0 Å². The minimum absolute atomic E-state index is 0.197. The van der Waals surface area contributed by atoms with Gasteiger partial charge in [-0.25, -0.2) is 4.79 Å². The van der Waals surface area contributed by atoms with Gasteiger partial charge in [-0.05, 0) is 18.6 Å². The maximum absolute atomic E-state index is 10.5. The largest absolute Gasteiger partial charge is 0.478 e. The van der Waals surface area contributed by atoms with Crippen molar-refractivity contribution in [3.63, 3.8) is 0 Å². The van der Waals surface area contributed by atoms with E-state index in [1.165, 1.54) is 9.75 Å². The van der Waals surface area contributed by atoms with Crippen LogP contribution >= 0.6 is 11.3 Å². The lowest BCUT2D eigenvalue weighted by Crippen LogP contribution is -2.19. The Hall–Kier alpha value is -1.13. The third-order valence-electron chi connectivity index (χ3n) is 2.01. The molecule has 0 atom stereocenters. The first-order valence-electron chi connectivity index (χ1n) is 4.83. The van der Waals surface area contributed by atoms with Crippen LogP contribution in [0.15, 0.2) is 24.3 Å².